The molecule has 2 rings (SSSR count). The number of ketones is 1. The van der Waals surface area contributed by atoms with Crippen LogP contribution in [0.15, 0.2) is 36.4 Å². The highest BCUT2D eigenvalue weighted by atomic mass is 16.3. The summed E-state index contributed by atoms with van der Waals surface area (Å²) in [5.74, 6) is -0.0907. The van der Waals surface area contributed by atoms with Crippen LogP contribution in [0, 0.1) is 20.8 Å². The molecule has 2 aromatic carbocycles. The van der Waals surface area contributed by atoms with Crippen molar-refractivity contribution < 1.29 is 14.7 Å². The SMILES string of the molecule is Cc1ccc(C(=O)CCC(=O)Nc2ccc(O)cc2C)cc1C. The molecule has 0 radical (unpaired) electrons. The minimum atomic E-state index is -0.212. The number of hydrogen-bond acceptors (Lipinski definition) is 3. The van der Waals surface area contributed by atoms with Crippen LogP contribution in [0.3, 0.4) is 0 Å². The van der Waals surface area contributed by atoms with Crippen LogP contribution >= 0.6 is 0 Å². The van der Waals surface area contributed by atoms with Crippen LogP contribution in [-0.2, 0) is 4.79 Å². The van der Waals surface area contributed by atoms with Crippen molar-refractivity contribution in [2.75, 3.05) is 5.32 Å². The monoisotopic (exact) mass is 311 g/mol. The Morgan fingerprint density at radius 1 is 0.913 bits per heavy atom. The number of Topliss-reactive ketones (excluding diaryl/α,β-unsaturated/α-hetero) is 1. The molecule has 0 saturated heterocycles. The number of hydrogen-bond donors (Lipinski definition) is 2. The maximum atomic E-state index is 12.2. The number of aryl methyl sites for hydroxylation is 3. The number of amides is 1. The van der Waals surface area contributed by atoms with Crippen molar-refractivity contribution in [1.29, 1.82) is 0 Å². The van der Waals surface area contributed by atoms with Crippen LogP contribution in [-0.4, -0.2) is 16.8 Å². The molecule has 0 spiro atoms. The molecule has 0 saturated carbocycles. The number of benzene rings is 2. The Morgan fingerprint density at radius 2 is 1.65 bits per heavy atom. The number of phenolic OH excluding ortho intramolecular Hbond substituents is 1. The number of carbonyl (C=O) groups excluding carboxylic acids is 2. The first kappa shape index (κ1) is 16.7. The van der Waals surface area contributed by atoms with E-state index >= 15 is 0 Å². The minimum Gasteiger partial charge on any atom is -0.508 e. The first-order chi connectivity index (χ1) is 10.9. The number of anilines is 1. The fourth-order valence-electron chi connectivity index (χ4n) is 2.29. The number of rotatable bonds is 5. The van der Waals surface area contributed by atoms with Crippen LogP contribution < -0.4 is 5.32 Å². The van der Waals surface area contributed by atoms with Crippen molar-refractivity contribution in [1.82, 2.24) is 0 Å². The van der Waals surface area contributed by atoms with E-state index < -0.39 is 0 Å². The van der Waals surface area contributed by atoms with Gasteiger partial charge in [0.25, 0.3) is 0 Å². The number of aromatic hydroxyl groups is 1. The van der Waals surface area contributed by atoms with E-state index in [0.717, 1.165) is 16.7 Å². The lowest BCUT2D eigenvalue weighted by atomic mass is 10.0. The fourth-order valence-corrected chi connectivity index (χ4v) is 2.29. The zero-order valence-electron chi connectivity index (χ0n) is 13.6. The molecule has 0 aliphatic rings. The summed E-state index contributed by atoms with van der Waals surface area (Å²) in [4.78, 5) is 24.1. The van der Waals surface area contributed by atoms with E-state index in [2.05, 4.69) is 5.32 Å². The van der Waals surface area contributed by atoms with Gasteiger partial charge in [-0.15, -0.1) is 0 Å². The van der Waals surface area contributed by atoms with Gasteiger partial charge in [-0.1, -0.05) is 12.1 Å². The molecule has 0 atom stereocenters. The Bertz CT molecular complexity index is 750. The maximum absolute atomic E-state index is 12.2. The van der Waals surface area contributed by atoms with Gasteiger partial charge in [-0.05, 0) is 61.7 Å². The summed E-state index contributed by atoms with van der Waals surface area (Å²) in [6.45, 7) is 5.76. The standard InChI is InChI=1S/C19H21NO3/c1-12-4-5-15(10-13(12)2)18(22)8-9-19(23)20-17-7-6-16(21)11-14(17)3/h4-7,10-11,21H,8-9H2,1-3H3,(H,20,23). The normalized spacial score (nSPS) is 10.4. The van der Waals surface area contributed by atoms with E-state index in [1.165, 1.54) is 6.07 Å². The summed E-state index contributed by atoms with van der Waals surface area (Å²) >= 11 is 0. The molecule has 1 amide bonds. The molecule has 2 N–H and O–H groups in total. The van der Waals surface area contributed by atoms with Gasteiger partial charge in [0.15, 0.2) is 5.78 Å². The molecule has 0 fully saturated rings. The molecule has 23 heavy (non-hydrogen) atoms. The molecule has 0 aliphatic heterocycles. The van der Waals surface area contributed by atoms with Gasteiger partial charge in [0, 0.05) is 24.1 Å². The topological polar surface area (TPSA) is 66.4 Å². The summed E-state index contributed by atoms with van der Waals surface area (Å²) in [5.41, 5.74) is 4.27. The summed E-state index contributed by atoms with van der Waals surface area (Å²) in [5, 5.41) is 12.1. The summed E-state index contributed by atoms with van der Waals surface area (Å²) in [6, 6.07) is 10.3. The molecule has 4 nitrogen and oxygen atoms in total. The smallest absolute Gasteiger partial charge is 0.224 e. The van der Waals surface area contributed by atoms with E-state index in [9.17, 15) is 14.7 Å². The Hall–Kier alpha value is -2.62. The van der Waals surface area contributed by atoms with Crippen molar-refractivity contribution in [3.63, 3.8) is 0 Å². The van der Waals surface area contributed by atoms with Crippen molar-refractivity contribution in [2.45, 2.75) is 33.6 Å². The second kappa shape index (κ2) is 7.09. The van der Waals surface area contributed by atoms with Gasteiger partial charge >= 0.3 is 0 Å². The quantitative estimate of drug-likeness (QED) is 0.649. The molecular formula is C19H21NO3. The zero-order chi connectivity index (χ0) is 17.0. The molecule has 0 heterocycles. The first-order valence-electron chi connectivity index (χ1n) is 7.57. The van der Waals surface area contributed by atoms with Crippen LogP contribution in [0.5, 0.6) is 5.75 Å². The molecule has 0 unspecified atom stereocenters. The van der Waals surface area contributed by atoms with E-state index in [-0.39, 0.29) is 30.3 Å². The van der Waals surface area contributed by atoms with Crippen molar-refractivity contribution in [2.24, 2.45) is 0 Å². The molecular weight excluding hydrogens is 290 g/mol. The average molecular weight is 311 g/mol. The Labute approximate surface area is 136 Å². The Kier molecular flexibility index (Phi) is 5.16. The predicted octanol–water partition coefficient (Wildman–Crippen LogP) is 3.92. The first-order valence-corrected chi connectivity index (χ1v) is 7.57. The molecule has 120 valence electrons. The van der Waals surface area contributed by atoms with E-state index in [1.54, 1.807) is 25.1 Å². The van der Waals surface area contributed by atoms with Gasteiger partial charge in [0.1, 0.15) is 5.75 Å². The van der Waals surface area contributed by atoms with Gasteiger partial charge in [0.05, 0.1) is 0 Å². The highest BCUT2D eigenvalue weighted by Gasteiger charge is 2.11. The highest BCUT2D eigenvalue weighted by Crippen LogP contribution is 2.20. The van der Waals surface area contributed by atoms with Crippen molar-refractivity contribution in [3.05, 3.63) is 58.7 Å². The van der Waals surface area contributed by atoms with E-state index in [4.69, 9.17) is 0 Å². The summed E-state index contributed by atoms with van der Waals surface area (Å²) in [6.07, 6.45) is 0.303. The van der Waals surface area contributed by atoms with Crippen LogP contribution in [0.25, 0.3) is 0 Å². The van der Waals surface area contributed by atoms with E-state index in [0.29, 0.717) is 11.3 Å². The molecule has 4 heteroatoms. The number of carbonyl (C=O) groups is 2. The molecule has 0 bridgehead atoms. The van der Waals surface area contributed by atoms with E-state index in [1.807, 2.05) is 26.0 Å². The van der Waals surface area contributed by atoms with Crippen molar-refractivity contribution in [3.8, 4) is 5.75 Å². The van der Waals surface area contributed by atoms with Gasteiger partial charge < -0.3 is 10.4 Å². The lowest BCUT2D eigenvalue weighted by molar-refractivity contribution is -0.116. The Balaban J connectivity index is 1.93. The third-order valence-corrected chi connectivity index (χ3v) is 3.89. The summed E-state index contributed by atoms with van der Waals surface area (Å²) < 4.78 is 0. The van der Waals surface area contributed by atoms with Crippen molar-refractivity contribution >= 4 is 17.4 Å². The molecule has 0 aliphatic carbocycles. The predicted molar refractivity (Wildman–Crippen MR) is 91.0 cm³/mol. The highest BCUT2D eigenvalue weighted by molar-refractivity contribution is 6.00. The average Bonchev–Trinajstić information content (AvgIpc) is 2.50. The maximum Gasteiger partial charge on any atom is 0.224 e. The Morgan fingerprint density at radius 3 is 2.30 bits per heavy atom. The zero-order valence-corrected chi connectivity index (χ0v) is 13.6. The minimum absolute atomic E-state index is 0.0364. The van der Waals surface area contributed by atoms with Crippen LogP contribution in [0.4, 0.5) is 5.69 Å². The van der Waals surface area contributed by atoms with Gasteiger partial charge in [-0.2, -0.15) is 0 Å². The largest absolute Gasteiger partial charge is 0.508 e. The molecule has 2 aromatic rings. The third kappa shape index (κ3) is 4.42. The second-order valence-corrected chi connectivity index (χ2v) is 5.77. The number of phenols is 1. The molecule has 0 aromatic heterocycles. The third-order valence-electron chi connectivity index (χ3n) is 3.89. The summed E-state index contributed by atoms with van der Waals surface area (Å²) in [7, 11) is 0. The lowest BCUT2D eigenvalue weighted by Gasteiger charge is -2.09. The van der Waals surface area contributed by atoms with Crippen LogP contribution in [0.2, 0.25) is 0 Å². The van der Waals surface area contributed by atoms with Crippen LogP contribution in [0.1, 0.15) is 39.9 Å². The van der Waals surface area contributed by atoms with Gasteiger partial charge in [0.2, 0.25) is 5.91 Å². The second-order valence-electron chi connectivity index (χ2n) is 5.77. The number of nitrogens with one attached hydrogen (secondary N) is 1. The lowest BCUT2D eigenvalue weighted by Crippen LogP contribution is -2.14. The fraction of sp³-hybridized carbons (Fsp3) is 0.263. The van der Waals surface area contributed by atoms with Gasteiger partial charge in [-0.25, -0.2) is 0 Å². The van der Waals surface area contributed by atoms with Gasteiger partial charge in [-0.3, -0.25) is 9.59 Å².